The van der Waals surface area contributed by atoms with Crippen molar-refractivity contribution >= 4 is 28.2 Å². The molecule has 1 atom stereocenters. The largest absolute Gasteiger partial charge is 0.320 e. The number of allylic oxidation sites excluding steroid dienone is 1. The molecular weight excluding hydrogens is 366 g/mol. The first kappa shape index (κ1) is 19.2. The van der Waals surface area contributed by atoms with Crippen LogP contribution in [0.15, 0.2) is 42.5 Å². The number of fused-ring (bicyclic) bond motifs is 1. The van der Waals surface area contributed by atoms with Crippen molar-refractivity contribution in [3.63, 3.8) is 0 Å². The van der Waals surface area contributed by atoms with Gasteiger partial charge in [-0.3, -0.25) is 0 Å². The third-order valence-corrected chi connectivity index (χ3v) is 6.04. The van der Waals surface area contributed by atoms with Crippen molar-refractivity contribution in [1.29, 1.82) is 0 Å². The molecule has 1 N–H and O–H groups in total. The third kappa shape index (κ3) is 4.01. The van der Waals surface area contributed by atoms with Crippen molar-refractivity contribution in [2.75, 3.05) is 13.1 Å². The number of benzene rings is 2. The smallest absolute Gasteiger partial charge is 0.136 e. The van der Waals surface area contributed by atoms with E-state index in [4.69, 9.17) is 16.6 Å². The highest BCUT2D eigenvalue weighted by molar-refractivity contribution is 6.30. The highest BCUT2D eigenvalue weighted by Gasteiger charge is 2.16. The van der Waals surface area contributed by atoms with Crippen molar-refractivity contribution in [3.8, 4) is 0 Å². The average Bonchev–Trinajstić information content (AvgIpc) is 3.02. The van der Waals surface area contributed by atoms with Crippen LogP contribution in [-0.4, -0.2) is 22.6 Å². The first-order valence-corrected chi connectivity index (χ1v) is 10.5. The lowest BCUT2D eigenvalue weighted by Crippen LogP contribution is -2.28. The molecule has 1 fully saturated rings. The van der Waals surface area contributed by atoms with Gasteiger partial charge in [0.15, 0.2) is 0 Å². The number of nitrogens with one attached hydrogen (secondary N) is 1. The Morgan fingerprint density at radius 2 is 1.96 bits per heavy atom. The van der Waals surface area contributed by atoms with E-state index in [0.29, 0.717) is 5.92 Å². The second kappa shape index (κ2) is 8.10. The number of imidazole rings is 1. The van der Waals surface area contributed by atoms with E-state index in [1.54, 1.807) is 0 Å². The normalized spacial score (nSPS) is 18.0. The van der Waals surface area contributed by atoms with Crippen molar-refractivity contribution in [2.45, 2.75) is 40.2 Å². The molecule has 28 heavy (non-hydrogen) atoms. The van der Waals surface area contributed by atoms with Gasteiger partial charge in [0.2, 0.25) is 0 Å². The summed E-state index contributed by atoms with van der Waals surface area (Å²) in [5.74, 6) is 1.65. The number of piperidine rings is 1. The molecule has 0 saturated carbocycles. The second-order valence-corrected chi connectivity index (χ2v) is 8.47. The highest BCUT2D eigenvalue weighted by atomic mass is 35.5. The molecule has 4 rings (SSSR count). The van der Waals surface area contributed by atoms with Gasteiger partial charge < -0.3 is 9.88 Å². The van der Waals surface area contributed by atoms with Gasteiger partial charge in [-0.25, -0.2) is 4.98 Å². The van der Waals surface area contributed by atoms with Crippen molar-refractivity contribution in [2.24, 2.45) is 5.92 Å². The number of nitrogens with zero attached hydrogens (tertiary/aromatic N) is 2. The molecule has 3 nitrogen and oxygen atoms in total. The summed E-state index contributed by atoms with van der Waals surface area (Å²) < 4.78 is 2.35. The summed E-state index contributed by atoms with van der Waals surface area (Å²) in [6.07, 6.45) is 4.90. The van der Waals surface area contributed by atoms with E-state index in [-0.39, 0.29) is 0 Å². The van der Waals surface area contributed by atoms with Gasteiger partial charge in [0, 0.05) is 18.1 Å². The predicted octanol–water partition coefficient (Wildman–Crippen LogP) is 5.76. The third-order valence-electron chi connectivity index (χ3n) is 5.79. The summed E-state index contributed by atoms with van der Waals surface area (Å²) in [5.41, 5.74) is 7.34. The van der Waals surface area contributed by atoms with Crippen LogP contribution in [0.25, 0.3) is 16.6 Å². The quantitative estimate of drug-likeness (QED) is 0.610. The van der Waals surface area contributed by atoms with Crippen LogP contribution in [0.3, 0.4) is 0 Å². The molecule has 1 aromatic heterocycles. The predicted molar refractivity (Wildman–Crippen MR) is 119 cm³/mol. The first-order valence-electron chi connectivity index (χ1n) is 10.1. The van der Waals surface area contributed by atoms with Crippen LogP contribution in [0.2, 0.25) is 5.02 Å². The molecule has 146 valence electrons. The maximum atomic E-state index is 6.08. The molecule has 4 heteroatoms. The Morgan fingerprint density at radius 1 is 1.21 bits per heavy atom. The Kier molecular flexibility index (Phi) is 5.56. The van der Waals surface area contributed by atoms with E-state index in [2.05, 4.69) is 61.0 Å². The van der Waals surface area contributed by atoms with Crippen LogP contribution >= 0.6 is 11.6 Å². The van der Waals surface area contributed by atoms with Crippen LogP contribution in [0.5, 0.6) is 0 Å². The second-order valence-electron chi connectivity index (χ2n) is 8.03. The minimum absolute atomic E-state index is 0.584. The van der Waals surface area contributed by atoms with Crippen molar-refractivity contribution in [1.82, 2.24) is 14.9 Å². The molecule has 1 aliphatic rings. The topological polar surface area (TPSA) is 29.9 Å². The summed E-state index contributed by atoms with van der Waals surface area (Å²) >= 11 is 6.08. The van der Waals surface area contributed by atoms with Crippen molar-refractivity contribution in [3.05, 3.63) is 70.0 Å². The number of halogens is 1. The average molecular weight is 394 g/mol. The minimum Gasteiger partial charge on any atom is -0.320 e. The molecule has 0 aliphatic carbocycles. The monoisotopic (exact) mass is 393 g/mol. The van der Waals surface area contributed by atoms with Gasteiger partial charge in [0.1, 0.15) is 5.82 Å². The maximum absolute atomic E-state index is 6.08. The highest BCUT2D eigenvalue weighted by Crippen LogP contribution is 2.27. The zero-order valence-electron chi connectivity index (χ0n) is 16.9. The molecule has 0 radical (unpaired) electrons. The number of aromatic nitrogens is 2. The van der Waals surface area contributed by atoms with Crippen LogP contribution in [0.4, 0.5) is 0 Å². The van der Waals surface area contributed by atoms with E-state index in [0.717, 1.165) is 36.0 Å². The Morgan fingerprint density at radius 3 is 2.68 bits per heavy atom. The Labute approximate surface area is 172 Å². The summed E-state index contributed by atoms with van der Waals surface area (Å²) in [6, 6.07) is 12.6. The zero-order valence-corrected chi connectivity index (χ0v) is 17.7. The summed E-state index contributed by atoms with van der Waals surface area (Å²) in [6.45, 7) is 9.52. The fourth-order valence-corrected chi connectivity index (χ4v) is 4.19. The molecule has 2 aromatic carbocycles. The summed E-state index contributed by atoms with van der Waals surface area (Å²) in [5, 5.41) is 4.28. The Balaban J connectivity index is 1.79. The van der Waals surface area contributed by atoms with Gasteiger partial charge in [-0.15, -0.1) is 0 Å². The van der Waals surface area contributed by atoms with E-state index in [9.17, 15) is 0 Å². The van der Waals surface area contributed by atoms with E-state index >= 15 is 0 Å². The molecule has 1 unspecified atom stereocenters. The van der Waals surface area contributed by atoms with E-state index in [1.165, 1.54) is 40.6 Å². The van der Waals surface area contributed by atoms with Crippen LogP contribution in [0.1, 0.15) is 42.3 Å². The van der Waals surface area contributed by atoms with Crippen LogP contribution < -0.4 is 5.32 Å². The lowest BCUT2D eigenvalue weighted by molar-refractivity contribution is 0.439. The maximum Gasteiger partial charge on any atom is 0.136 e. The molecule has 2 heterocycles. The zero-order chi connectivity index (χ0) is 19.7. The van der Waals surface area contributed by atoms with Gasteiger partial charge in [-0.05, 0) is 92.6 Å². The number of rotatable bonds is 4. The molecular formula is C24H28ClN3. The van der Waals surface area contributed by atoms with E-state index < -0.39 is 0 Å². The number of hydrogen-bond acceptors (Lipinski definition) is 2. The Bertz CT molecular complexity index is 1010. The standard InChI is InChI=1S/C24H28ClN3/c1-16-12-22-23(13-17(16)2)28(15-19-6-8-21(25)9-7-19)24(27-22)18(3)11-20-5-4-10-26-14-20/h6-9,11-13,20,26H,4-5,10,14-15H2,1-3H3. The molecule has 0 amide bonds. The molecule has 1 saturated heterocycles. The molecule has 0 spiro atoms. The molecule has 3 aromatic rings. The Hall–Kier alpha value is -2.10. The first-order chi connectivity index (χ1) is 13.5. The fraction of sp³-hybridized carbons (Fsp3) is 0.375. The van der Waals surface area contributed by atoms with Crippen LogP contribution in [-0.2, 0) is 6.54 Å². The summed E-state index contributed by atoms with van der Waals surface area (Å²) in [4.78, 5) is 5.04. The van der Waals surface area contributed by atoms with Gasteiger partial charge in [-0.2, -0.15) is 0 Å². The van der Waals surface area contributed by atoms with Crippen LogP contribution in [0, 0.1) is 19.8 Å². The number of hydrogen-bond donors (Lipinski definition) is 1. The van der Waals surface area contributed by atoms with Crippen molar-refractivity contribution < 1.29 is 0 Å². The summed E-state index contributed by atoms with van der Waals surface area (Å²) in [7, 11) is 0. The lowest BCUT2D eigenvalue weighted by Gasteiger charge is -2.20. The van der Waals surface area contributed by atoms with Gasteiger partial charge in [-0.1, -0.05) is 29.8 Å². The lowest BCUT2D eigenvalue weighted by atomic mass is 9.97. The molecule has 1 aliphatic heterocycles. The number of aryl methyl sites for hydroxylation is 2. The van der Waals surface area contributed by atoms with Gasteiger partial charge in [0.05, 0.1) is 11.0 Å². The minimum atomic E-state index is 0.584. The van der Waals surface area contributed by atoms with Gasteiger partial charge in [0.25, 0.3) is 0 Å². The SMILES string of the molecule is CC(=CC1CCCNC1)c1nc2cc(C)c(C)cc2n1Cc1ccc(Cl)cc1. The fourth-order valence-electron chi connectivity index (χ4n) is 4.06. The van der Waals surface area contributed by atoms with Gasteiger partial charge >= 0.3 is 0 Å². The molecule has 0 bridgehead atoms. The van der Waals surface area contributed by atoms with E-state index in [1.807, 2.05) is 12.1 Å².